The Morgan fingerprint density at radius 3 is 1.81 bits per heavy atom. The van der Waals surface area contributed by atoms with Gasteiger partial charge < -0.3 is 9.72 Å². The first-order valence-electron chi connectivity index (χ1n) is 12.8. The first-order valence-corrected chi connectivity index (χ1v) is 12.8. The summed E-state index contributed by atoms with van der Waals surface area (Å²) >= 11 is 0. The van der Waals surface area contributed by atoms with Gasteiger partial charge in [-0.2, -0.15) is 0 Å². The van der Waals surface area contributed by atoms with Gasteiger partial charge in [-0.3, -0.25) is 0 Å². The van der Waals surface area contributed by atoms with Crippen LogP contribution in [0.5, 0.6) is 0 Å². The summed E-state index contributed by atoms with van der Waals surface area (Å²) in [6, 6.07) is 5.48. The lowest BCUT2D eigenvalue weighted by atomic mass is 10.0. The van der Waals surface area contributed by atoms with Crippen LogP contribution in [0.4, 0.5) is 0 Å². The Hall–Kier alpha value is -1.55. The molecule has 2 aromatic rings. The van der Waals surface area contributed by atoms with Gasteiger partial charge in [0.05, 0.1) is 23.7 Å². The van der Waals surface area contributed by atoms with E-state index in [1.165, 1.54) is 110 Å². The highest BCUT2D eigenvalue weighted by Gasteiger charge is 2.09. The van der Waals surface area contributed by atoms with Crippen molar-refractivity contribution in [2.75, 3.05) is 7.11 Å². The number of nitrogens with zero attached hydrogens (tertiary/aromatic N) is 1. The smallest absolute Gasteiger partial charge is 0.337 e. The molecule has 1 aromatic carbocycles. The number of benzene rings is 1. The molecular weight excluding hydrogens is 420 g/mol. The number of nitrogens with one attached hydrogen (secondary N) is 1. The summed E-state index contributed by atoms with van der Waals surface area (Å²) in [5.41, 5.74) is 2.39. The van der Waals surface area contributed by atoms with Crippen LogP contribution in [0.1, 0.15) is 126 Å². The molecule has 0 spiro atoms. The second-order valence-electron chi connectivity index (χ2n) is 8.96. The van der Waals surface area contributed by atoms with E-state index in [0.29, 0.717) is 5.56 Å². The molecule has 0 aliphatic carbocycles. The quantitative estimate of drug-likeness (QED) is 0.177. The van der Waals surface area contributed by atoms with Crippen molar-refractivity contribution in [3.8, 4) is 0 Å². The molecule has 0 fully saturated rings. The zero-order valence-electron chi connectivity index (χ0n) is 20.4. The van der Waals surface area contributed by atoms with Crippen molar-refractivity contribution < 1.29 is 9.53 Å². The number of hydrogen-bond donors (Lipinski definition) is 1. The van der Waals surface area contributed by atoms with Gasteiger partial charge in [0.15, 0.2) is 0 Å². The summed E-state index contributed by atoms with van der Waals surface area (Å²) < 4.78 is 4.78. The van der Waals surface area contributed by atoms with Crippen molar-refractivity contribution in [2.24, 2.45) is 0 Å². The number of hydrogen-bond acceptors (Lipinski definition) is 3. The van der Waals surface area contributed by atoms with E-state index in [1.54, 1.807) is 6.07 Å². The largest absolute Gasteiger partial charge is 0.465 e. The third-order valence-electron chi connectivity index (χ3n) is 6.22. The molecule has 1 heterocycles. The van der Waals surface area contributed by atoms with Crippen LogP contribution < -0.4 is 0 Å². The Bertz CT molecular complexity index is 744. The van der Waals surface area contributed by atoms with Crippen molar-refractivity contribution in [2.45, 2.75) is 116 Å². The number of H-pyrrole nitrogens is 1. The number of methoxy groups -OCH3 is 1. The summed E-state index contributed by atoms with van der Waals surface area (Å²) in [6.45, 7) is 2.28. The highest BCUT2D eigenvalue weighted by molar-refractivity contribution is 5.93. The van der Waals surface area contributed by atoms with E-state index in [-0.39, 0.29) is 18.4 Å². The van der Waals surface area contributed by atoms with Crippen LogP contribution in [0.25, 0.3) is 11.0 Å². The number of aromatic amines is 1. The molecule has 32 heavy (non-hydrogen) atoms. The molecule has 4 nitrogen and oxygen atoms in total. The van der Waals surface area contributed by atoms with E-state index in [1.807, 2.05) is 12.1 Å². The predicted molar refractivity (Wildman–Crippen MR) is 138 cm³/mol. The third kappa shape index (κ3) is 11.4. The van der Waals surface area contributed by atoms with Crippen molar-refractivity contribution in [1.82, 2.24) is 9.97 Å². The number of unbranched alkanes of at least 4 members (excludes halogenated alkanes) is 15. The molecule has 5 heteroatoms. The van der Waals surface area contributed by atoms with Crippen molar-refractivity contribution in [3.63, 3.8) is 0 Å². The predicted octanol–water partition coefficient (Wildman–Crippen LogP) is 8.58. The summed E-state index contributed by atoms with van der Waals surface area (Å²) in [4.78, 5) is 19.6. The molecular formula is C27H45ClN2O2. The lowest BCUT2D eigenvalue weighted by Gasteiger charge is -2.03. The number of rotatable bonds is 18. The maximum absolute atomic E-state index is 11.6. The monoisotopic (exact) mass is 464 g/mol. The van der Waals surface area contributed by atoms with Gasteiger partial charge in [-0.05, 0) is 24.6 Å². The second-order valence-corrected chi connectivity index (χ2v) is 8.96. The fourth-order valence-electron chi connectivity index (χ4n) is 4.27. The standard InChI is InChI=1S/C27H44N2O2.ClH/c1-3-4-5-6-7-8-9-10-11-12-13-14-15-16-17-18-19-26-28-24-21-20-23(27(30)31-2)22-25(24)29-26;/h20-22H,3-19H2,1-2H3,(H,28,29);1H. The number of fused-ring (bicyclic) bond motifs is 1. The molecule has 0 radical (unpaired) electrons. The molecule has 1 aromatic heterocycles. The first kappa shape index (κ1) is 28.5. The number of esters is 1. The van der Waals surface area contributed by atoms with Crippen LogP contribution in [0.3, 0.4) is 0 Å². The van der Waals surface area contributed by atoms with Gasteiger partial charge in [0.2, 0.25) is 0 Å². The van der Waals surface area contributed by atoms with Crippen LogP contribution in [0.15, 0.2) is 18.2 Å². The number of ether oxygens (including phenoxy) is 1. The summed E-state index contributed by atoms with van der Waals surface area (Å²) in [5, 5.41) is 0. The van der Waals surface area contributed by atoms with Crippen LogP contribution >= 0.6 is 12.4 Å². The Balaban J connectivity index is 0.00000512. The second kappa shape index (κ2) is 17.9. The SMILES string of the molecule is CCCCCCCCCCCCCCCCCCc1nc2ccc(C(=O)OC)cc2[nH]1.Cl. The van der Waals surface area contributed by atoms with E-state index in [4.69, 9.17) is 4.74 Å². The molecule has 0 aliphatic heterocycles. The molecule has 1 N–H and O–H groups in total. The number of halogens is 1. The Morgan fingerprint density at radius 1 is 0.812 bits per heavy atom. The Morgan fingerprint density at radius 2 is 1.31 bits per heavy atom. The number of aromatic nitrogens is 2. The van der Waals surface area contributed by atoms with Gasteiger partial charge >= 0.3 is 5.97 Å². The van der Waals surface area contributed by atoms with Crippen molar-refractivity contribution in [1.29, 1.82) is 0 Å². The molecule has 0 unspecified atom stereocenters. The molecule has 0 amide bonds. The summed E-state index contributed by atoms with van der Waals surface area (Å²) in [6.07, 6.45) is 23.2. The summed E-state index contributed by atoms with van der Waals surface area (Å²) in [7, 11) is 1.40. The Labute approximate surface area is 201 Å². The van der Waals surface area contributed by atoms with Crippen LogP contribution in [-0.2, 0) is 11.2 Å². The van der Waals surface area contributed by atoms with Gasteiger partial charge in [-0.1, -0.05) is 103 Å². The number of carbonyl (C=O) groups excluding carboxylic acids is 1. The average Bonchev–Trinajstić information content (AvgIpc) is 3.20. The van der Waals surface area contributed by atoms with E-state index in [9.17, 15) is 4.79 Å². The maximum atomic E-state index is 11.6. The zero-order chi connectivity index (χ0) is 22.2. The normalized spacial score (nSPS) is 10.9. The molecule has 2 rings (SSSR count). The van der Waals surface area contributed by atoms with Crippen molar-refractivity contribution >= 4 is 29.4 Å². The van der Waals surface area contributed by atoms with E-state index in [2.05, 4.69) is 16.9 Å². The lowest BCUT2D eigenvalue weighted by Crippen LogP contribution is -2.00. The zero-order valence-corrected chi connectivity index (χ0v) is 21.2. The third-order valence-corrected chi connectivity index (χ3v) is 6.22. The number of carbonyl (C=O) groups is 1. The highest BCUT2D eigenvalue weighted by Crippen LogP contribution is 2.17. The summed E-state index contributed by atoms with van der Waals surface area (Å²) in [5.74, 6) is 0.707. The maximum Gasteiger partial charge on any atom is 0.337 e. The molecule has 0 saturated heterocycles. The molecule has 182 valence electrons. The molecule has 0 saturated carbocycles. The molecule has 0 bridgehead atoms. The van der Waals surface area contributed by atoms with Crippen LogP contribution in [0.2, 0.25) is 0 Å². The highest BCUT2D eigenvalue weighted by atomic mass is 35.5. The lowest BCUT2D eigenvalue weighted by molar-refractivity contribution is 0.0601. The Kier molecular flexibility index (Phi) is 16.0. The minimum Gasteiger partial charge on any atom is -0.465 e. The molecule has 0 aliphatic rings. The van der Waals surface area contributed by atoms with E-state index >= 15 is 0 Å². The topological polar surface area (TPSA) is 55.0 Å². The van der Waals surface area contributed by atoms with Gasteiger partial charge in [-0.25, -0.2) is 9.78 Å². The minimum atomic E-state index is -0.309. The van der Waals surface area contributed by atoms with E-state index in [0.717, 1.165) is 23.3 Å². The number of imidazole rings is 1. The van der Waals surface area contributed by atoms with Crippen LogP contribution in [0, 0.1) is 0 Å². The van der Waals surface area contributed by atoms with Gasteiger partial charge in [0.1, 0.15) is 5.82 Å². The van der Waals surface area contributed by atoms with Gasteiger partial charge in [0.25, 0.3) is 0 Å². The van der Waals surface area contributed by atoms with Gasteiger partial charge in [0, 0.05) is 6.42 Å². The fourth-order valence-corrected chi connectivity index (χ4v) is 4.27. The van der Waals surface area contributed by atoms with Gasteiger partial charge in [-0.15, -0.1) is 12.4 Å². The van der Waals surface area contributed by atoms with E-state index < -0.39 is 0 Å². The minimum absolute atomic E-state index is 0. The fraction of sp³-hybridized carbons (Fsp3) is 0.704. The molecule has 0 atom stereocenters. The van der Waals surface area contributed by atoms with Crippen LogP contribution in [-0.4, -0.2) is 23.0 Å². The average molecular weight is 465 g/mol. The number of aryl methyl sites for hydroxylation is 1. The first-order chi connectivity index (χ1) is 15.2. The van der Waals surface area contributed by atoms with Crippen molar-refractivity contribution in [3.05, 3.63) is 29.6 Å².